The normalized spacial score (nSPS) is 13.5. The zero-order chi connectivity index (χ0) is 26.3. The molecule has 1 aromatic heterocycles. The Morgan fingerprint density at radius 2 is 1.92 bits per heavy atom. The Morgan fingerprint density at radius 1 is 1.14 bits per heavy atom. The van der Waals surface area contributed by atoms with E-state index in [4.69, 9.17) is 5.26 Å². The van der Waals surface area contributed by atoms with E-state index in [0.29, 0.717) is 15.4 Å². The number of thiazole rings is 1. The van der Waals surface area contributed by atoms with Gasteiger partial charge < -0.3 is 10.6 Å². The number of fused-ring (bicyclic) bond motifs is 2. The summed E-state index contributed by atoms with van der Waals surface area (Å²) in [5, 5.41) is 14.7. The Bertz CT molecular complexity index is 1760. The van der Waals surface area contributed by atoms with E-state index in [-0.39, 0.29) is 44.3 Å². The van der Waals surface area contributed by atoms with Crippen LogP contribution in [0.25, 0.3) is 10.6 Å². The SMILES string of the molecule is Cc1c(C(=O)NCc2cnc(-c3ccc(C#N)cc3F)s2)ccc2c1NC(=O)c1ccccc1S2(=O)=O. The van der Waals surface area contributed by atoms with Crippen molar-refractivity contribution in [3.8, 4) is 16.6 Å². The van der Waals surface area contributed by atoms with Crippen LogP contribution in [0.1, 0.15) is 36.7 Å². The molecule has 3 aromatic carbocycles. The number of aromatic nitrogens is 1. The van der Waals surface area contributed by atoms with Gasteiger partial charge in [-0.1, -0.05) is 12.1 Å². The van der Waals surface area contributed by atoms with E-state index in [1.165, 1.54) is 53.9 Å². The second-order valence-corrected chi connectivity index (χ2v) is 11.2. The highest BCUT2D eigenvalue weighted by Crippen LogP contribution is 2.37. The molecule has 4 aromatic rings. The van der Waals surface area contributed by atoms with E-state index >= 15 is 0 Å². The van der Waals surface area contributed by atoms with E-state index in [9.17, 15) is 22.4 Å². The third kappa shape index (κ3) is 4.26. The first-order chi connectivity index (χ1) is 17.7. The fourth-order valence-corrected chi connectivity index (χ4v) is 6.58. The van der Waals surface area contributed by atoms with Crippen molar-refractivity contribution in [2.45, 2.75) is 23.3 Å². The number of amides is 2. The average molecular weight is 533 g/mol. The Labute approximate surface area is 215 Å². The van der Waals surface area contributed by atoms with Crippen LogP contribution in [0, 0.1) is 24.1 Å². The highest BCUT2D eigenvalue weighted by molar-refractivity contribution is 7.91. The summed E-state index contributed by atoms with van der Waals surface area (Å²) in [5.74, 6) is -1.62. The molecule has 11 heteroatoms. The van der Waals surface area contributed by atoms with Crippen LogP contribution < -0.4 is 10.6 Å². The fourth-order valence-electron chi connectivity index (χ4n) is 4.03. The summed E-state index contributed by atoms with van der Waals surface area (Å²) in [4.78, 5) is 30.4. The van der Waals surface area contributed by atoms with Crippen LogP contribution in [-0.4, -0.2) is 25.2 Å². The number of hydrogen-bond donors (Lipinski definition) is 2. The van der Waals surface area contributed by atoms with Crippen molar-refractivity contribution >= 4 is 38.7 Å². The van der Waals surface area contributed by atoms with Crippen molar-refractivity contribution in [3.05, 3.63) is 93.7 Å². The molecular weight excluding hydrogens is 515 g/mol. The lowest BCUT2D eigenvalue weighted by atomic mass is 10.1. The van der Waals surface area contributed by atoms with Gasteiger partial charge in [0.25, 0.3) is 11.8 Å². The number of anilines is 1. The molecule has 0 fully saturated rings. The molecule has 1 aliphatic rings. The number of rotatable bonds is 4. The van der Waals surface area contributed by atoms with E-state index in [1.807, 2.05) is 6.07 Å². The molecule has 1 aliphatic heterocycles. The number of benzene rings is 3. The van der Waals surface area contributed by atoms with Gasteiger partial charge in [-0.15, -0.1) is 11.3 Å². The standard InChI is InChI=1S/C26H17FN4O4S2/c1-14-17(8-9-22-23(14)31-25(33)19-4-2-3-5-21(19)37(22,34)35)24(32)29-12-16-13-30-26(36-16)18-7-6-15(11-28)10-20(18)27/h2-10,13H,12H2,1H3,(H,29,32)(H,31,33). The molecular formula is C26H17FN4O4S2. The van der Waals surface area contributed by atoms with Crippen LogP contribution in [0.3, 0.4) is 0 Å². The van der Waals surface area contributed by atoms with Crippen molar-refractivity contribution in [1.82, 2.24) is 10.3 Å². The smallest absolute Gasteiger partial charge is 0.257 e. The van der Waals surface area contributed by atoms with Gasteiger partial charge in [0.2, 0.25) is 9.84 Å². The van der Waals surface area contributed by atoms with Gasteiger partial charge in [-0.25, -0.2) is 17.8 Å². The first-order valence-electron chi connectivity index (χ1n) is 10.9. The largest absolute Gasteiger partial charge is 0.347 e. The lowest BCUT2D eigenvalue weighted by molar-refractivity contribution is 0.0949. The van der Waals surface area contributed by atoms with Gasteiger partial charge >= 0.3 is 0 Å². The predicted molar refractivity (Wildman–Crippen MR) is 134 cm³/mol. The molecule has 0 radical (unpaired) electrons. The molecule has 0 saturated heterocycles. The van der Waals surface area contributed by atoms with Gasteiger partial charge in [0, 0.05) is 22.2 Å². The van der Waals surface area contributed by atoms with Crippen LogP contribution >= 0.6 is 11.3 Å². The second-order valence-electron chi connectivity index (χ2n) is 8.19. The van der Waals surface area contributed by atoms with E-state index in [0.717, 1.165) is 6.07 Å². The summed E-state index contributed by atoms with van der Waals surface area (Å²) >= 11 is 1.19. The zero-order valence-electron chi connectivity index (χ0n) is 19.2. The minimum atomic E-state index is -3.99. The maximum absolute atomic E-state index is 14.3. The maximum atomic E-state index is 14.3. The van der Waals surface area contributed by atoms with Crippen molar-refractivity contribution < 1.29 is 22.4 Å². The third-order valence-corrected chi connectivity index (χ3v) is 8.81. The predicted octanol–water partition coefficient (Wildman–Crippen LogP) is 4.46. The number of nitrogens with zero attached hydrogens (tertiary/aromatic N) is 2. The summed E-state index contributed by atoms with van der Waals surface area (Å²) in [6.07, 6.45) is 1.52. The molecule has 0 aliphatic carbocycles. The first kappa shape index (κ1) is 24.3. The summed E-state index contributed by atoms with van der Waals surface area (Å²) in [6, 6.07) is 14.7. The highest BCUT2D eigenvalue weighted by Gasteiger charge is 2.33. The summed E-state index contributed by atoms with van der Waals surface area (Å²) < 4.78 is 40.8. The number of carbonyl (C=O) groups excluding carboxylic acids is 2. The average Bonchev–Trinajstić information content (AvgIpc) is 3.33. The van der Waals surface area contributed by atoms with Crippen LogP contribution in [0.2, 0.25) is 0 Å². The van der Waals surface area contributed by atoms with Crippen LogP contribution in [0.5, 0.6) is 0 Å². The van der Waals surface area contributed by atoms with Gasteiger partial charge in [0.05, 0.1) is 39.2 Å². The highest BCUT2D eigenvalue weighted by atomic mass is 32.2. The minimum Gasteiger partial charge on any atom is -0.347 e. The molecule has 0 unspecified atom stereocenters. The van der Waals surface area contributed by atoms with Crippen LogP contribution in [-0.2, 0) is 16.4 Å². The van der Waals surface area contributed by atoms with E-state index in [2.05, 4.69) is 15.6 Å². The quantitative estimate of drug-likeness (QED) is 0.399. The number of carbonyl (C=O) groups is 2. The zero-order valence-corrected chi connectivity index (χ0v) is 20.8. The second kappa shape index (κ2) is 9.24. The topological polar surface area (TPSA) is 129 Å². The molecule has 0 bridgehead atoms. The molecule has 2 N–H and O–H groups in total. The first-order valence-corrected chi connectivity index (χ1v) is 13.2. The maximum Gasteiger partial charge on any atom is 0.257 e. The molecule has 184 valence electrons. The molecule has 0 saturated carbocycles. The summed E-state index contributed by atoms with van der Waals surface area (Å²) in [5.41, 5.74) is 1.05. The van der Waals surface area contributed by atoms with Gasteiger partial charge in [0.1, 0.15) is 10.8 Å². The van der Waals surface area contributed by atoms with Gasteiger partial charge in [-0.05, 0) is 55.0 Å². The van der Waals surface area contributed by atoms with Crippen LogP contribution in [0.4, 0.5) is 10.1 Å². The minimum absolute atomic E-state index is 0.0313. The summed E-state index contributed by atoms with van der Waals surface area (Å²) in [6.45, 7) is 1.67. The van der Waals surface area contributed by atoms with Crippen LogP contribution in [0.15, 0.2) is 70.6 Å². The summed E-state index contributed by atoms with van der Waals surface area (Å²) in [7, 11) is -3.99. The van der Waals surface area contributed by atoms with E-state index < -0.39 is 27.5 Å². The van der Waals surface area contributed by atoms with Crippen molar-refractivity contribution in [3.63, 3.8) is 0 Å². The van der Waals surface area contributed by atoms with E-state index in [1.54, 1.807) is 19.1 Å². The lowest BCUT2D eigenvalue weighted by Gasteiger charge is -2.14. The Morgan fingerprint density at radius 3 is 2.68 bits per heavy atom. The molecule has 37 heavy (non-hydrogen) atoms. The molecule has 8 nitrogen and oxygen atoms in total. The number of hydrogen-bond acceptors (Lipinski definition) is 7. The number of sulfone groups is 1. The van der Waals surface area contributed by atoms with Gasteiger partial charge in [-0.3, -0.25) is 9.59 Å². The monoisotopic (exact) mass is 532 g/mol. The molecule has 2 amide bonds. The number of halogens is 1. The Kier molecular flexibility index (Phi) is 6.07. The molecule has 0 atom stereocenters. The van der Waals surface area contributed by atoms with Gasteiger partial charge in [0.15, 0.2) is 0 Å². The lowest BCUT2D eigenvalue weighted by Crippen LogP contribution is -2.24. The number of nitriles is 1. The molecule has 0 spiro atoms. The van der Waals surface area contributed by atoms with Crippen molar-refractivity contribution in [1.29, 1.82) is 5.26 Å². The Hall–Kier alpha value is -4.40. The third-order valence-electron chi connectivity index (χ3n) is 5.93. The molecule has 2 heterocycles. The van der Waals surface area contributed by atoms with Gasteiger partial charge in [-0.2, -0.15) is 5.26 Å². The Balaban J connectivity index is 1.39. The van der Waals surface area contributed by atoms with Crippen molar-refractivity contribution in [2.75, 3.05) is 5.32 Å². The number of nitrogens with one attached hydrogen (secondary N) is 2. The van der Waals surface area contributed by atoms with Crippen molar-refractivity contribution in [2.24, 2.45) is 0 Å². The fraction of sp³-hybridized carbons (Fsp3) is 0.0769. The molecule has 5 rings (SSSR count).